The van der Waals surface area contributed by atoms with Gasteiger partial charge in [0, 0.05) is 32.0 Å². The number of halogens is 1. The smallest absolute Gasteiger partial charge is 0.224 e. The molecule has 5 nitrogen and oxygen atoms in total. The van der Waals surface area contributed by atoms with Crippen molar-refractivity contribution >= 4 is 17.5 Å². The lowest BCUT2D eigenvalue weighted by molar-refractivity contribution is -0.133. The van der Waals surface area contributed by atoms with Crippen LogP contribution < -0.4 is 10.1 Å². The average molecular weight is 334 g/mol. The summed E-state index contributed by atoms with van der Waals surface area (Å²) in [5, 5.41) is 2.76. The van der Waals surface area contributed by atoms with Gasteiger partial charge in [-0.05, 0) is 36.8 Å². The standard InChI is InChI=1S/C18H23FN2O3/c1-2-18(23)21-7-5-12-9-17(22)20-15-10-14(19)3-4-16(15)24-8-6-13(12)11-21/h3-4,10,12-13H,2,5-9,11H2,1H3,(H,20,22)/t12-,13-/m0/s1. The lowest BCUT2D eigenvalue weighted by Crippen LogP contribution is -2.45. The molecule has 3 rings (SSSR count). The molecule has 2 atom stereocenters. The fourth-order valence-electron chi connectivity index (χ4n) is 3.61. The van der Waals surface area contributed by atoms with Crippen LogP contribution in [0, 0.1) is 17.7 Å². The number of hydrogen-bond acceptors (Lipinski definition) is 3. The molecule has 1 aromatic carbocycles. The normalized spacial score (nSPS) is 24.2. The van der Waals surface area contributed by atoms with E-state index in [1.165, 1.54) is 18.2 Å². The first-order valence-electron chi connectivity index (χ1n) is 8.56. The van der Waals surface area contributed by atoms with Crippen molar-refractivity contribution < 1.29 is 18.7 Å². The van der Waals surface area contributed by atoms with Crippen molar-refractivity contribution in [2.45, 2.75) is 32.6 Å². The Morgan fingerprint density at radius 3 is 3.00 bits per heavy atom. The molecule has 0 bridgehead atoms. The predicted molar refractivity (Wildman–Crippen MR) is 88.2 cm³/mol. The number of hydrogen-bond donors (Lipinski definition) is 1. The minimum Gasteiger partial charge on any atom is -0.491 e. The van der Waals surface area contributed by atoms with Gasteiger partial charge in [0.15, 0.2) is 0 Å². The van der Waals surface area contributed by atoms with Gasteiger partial charge in [-0.1, -0.05) is 6.92 Å². The first-order valence-corrected chi connectivity index (χ1v) is 8.56. The van der Waals surface area contributed by atoms with Gasteiger partial charge >= 0.3 is 0 Å². The second kappa shape index (κ2) is 7.20. The van der Waals surface area contributed by atoms with E-state index < -0.39 is 5.82 Å². The number of carbonyl (C=O) groups excluding carboxylic acids is 2. The van der Waals surface area contributed by atoms with Gasteiger partial charge in [-0.2, -0.15) is 0 Å². The maximum absolute atomic E-state index is 13.4. The van der Waals surface area contributed by atoms with Crippen LogP contribution in [0.4, 0.5) is 10.1 Å². The van der Waals surface area contributed by atoms with E-state index in [0.29, 0.717) is 44.0 Å². The topological polar surface area (TPSA) is 58.6 Å². The maximum Gasteiger partial charge on any atom is 0.224 e. The first kappa shape index (κ1) is 16.7. The number of rotatable bonds is 1. The zero-order valence-corrected chi connectivity index (χ0v) is 13.9. The number of ether oxygens (including phenoxy) is 1. The Kier molecular flexibility index (Phi) is 5.02. The second-order valence-electron chi connectivity index (χ2n) is 6.53. The number of nitrogens with one attached hydrogen (secondary N) is 1. The van der Waals surface area contributed by atoms with Crippen LogP contribution in [0.2, 0.25) is 0 Å². The molecule has 0 aliphatic carbocycles. The van der Waals surface area contributed by atoms with Gasteiger partial charge < -0.3 is 15.0 Å². The van der Waals surface area contributed by atoms with Gasteiger partial charge in [0.25, 0.3) is 0 Å². The molecule has 1 aromatic rings. The highest BCUT2D eigenvalue weighted by atomic mass is 19.1. The van der Waals surface area contributed by atoms with E-state index in [0.717, 1.165) is 12.8 Å². The monoisotopic (exact) mass is 334 g/mol. The second-order valence-corrected chi connectivity index (χ2v) is 6.53. The number of likely N-dealkylation sites (tertiary alicyclic amines) is 1. The molecular weight excluding hydrogens is 311 g/mol. The van der Waals surface area contributed by atoms with Gasteiger partial charge in [0.1, 0.15) is 11.6 Å². The number of carbonyl (C=O) groups is 2. The largest absolute Gasteiger partial charge is 0.491 e. The Morgan fingerprint density at radius 1 is 1.38 bits per heavy atom. The summed E-state index contributed by atoms with van der Waals surface area (Å²) in [6, 6.07) is 4.15. The summed E-state index contributed by atoms with van der Waals surface area (Å²) >= 11 is 0. The van der Waals surface area contributed by atoms with E-state index in [9.17, 15) is 14.0 Å². The number of piperidine rings is 1. The zero-order chi connectivity index (χ0) is 17.1. The molecule has 2 heterocycles. The van der Waals surface area contributed by atoms with Gasteiger partial charge in [0.2, 0.25) is 11.8 Å². The molecule has 2 aliphatic heterocycles. The highest BCUT2D eigenvalue weighted by molar-refractivity contribution is 5.92. The minimum absolute atomic E-state index is 0.127. The number of anilines is 1. The fourth-order valence-corrected chi connectivity index (χ4v) is 3.61. The third kappa shape index (κ3) is 3.68. The van der Waals surface area contributed by atoms with Crippen molar-refractivity contribution in [2.75, 3.05) is 25.0 Å². The van der Waals surface area contributed by atoms with Crippen molar-refractivity contribution in [3.8, 4) is 5.75 Å². The van der Waals surface area contributed by atoms with Gasteiger partial charge in [-0.15, -0.1) is 0 Å². The van der Waals surface area contributed by atoms with E-state index in [2.05, 4.69) is 5.32 Å². The molecule has 6 heteroatoms. The van der Waals surface area contributed by atoms with Crippen LogP contribution in [0.5, 0.6) is 5.75 Å². The zero-order valence-electron chi connectivity index (χ0n) is 13.9. The Balaban J connectivity index is 1.76. The lowest BCUT2D eigenvalue weighted by atomic mass is 9.81. The van der Waals surface area contributed by atoms with Crippen molar-refractivity contribution in [2.24, 2.45) is 11.8 Å². The highest BCUT2D eigenvalue weighted by Crippen LogP contribution is 2.33. The molecule has 0 aromatic heterocycles. The third-order valence-electron chi connectivity index (χ3n) is 4.96. The summed E-state index contributed by atoms with van der Waals surface area (Å²) in [5.41, 5.74) is 0.386. The number of amides is 2. The summed E-state index contributed by atoms with van der Waals surface area (Å²) in [4.78, 5) is 26.2. The fraction of sp³-hybridized carbons (Fsp3) is 0.556. The molecule has 2 amide bonds. The third-order valence-corrected chi connectivity index (χ3v) is 4.96. The van der Waals surface area contributed by atoms with Crippen LogP contribution in [-0.4, -0.2) is 36.4 Å². The first-order chi connectivity index (χ1) is 11.6. The molecule has 0 unspecified atom stereocenters. The molecule has 0 spiro atoms. The van der Waals surface area contributed by atoms with Crippen molar-refractivity contribution in [1.82, 2.24) is 4.90 Å². The Hall–Kier alpha value is -2.11. The SMILES string of the molecule is CCC(=O)N1CC[C@H]2CC(=O)Nc3cc(F)ccc3OCC[C@H]2C1. The summed E-state index contributed by atoms with van der Waals surface area (Å²) in [6.07, 6.45) is 2.50. The van der Waals surface area contributed by atoms with E-state index in [-0.39, 0.29) is 23.7 Å². The van der Waals surface area contributed by atoms with Gasteiger partial charge in [-0.25, -0.2) is 4.39 Å². The molecule has 24 heavy (non-hydrogen) atoms. The number of benzene rings is 1. The quantitative estimate of drug-likeness (QED) is 0.859. The highest BCUT2D eigenvalue weighted by Gasteiger charge is 2.33. The lowest BCUT2D eigenvalue weighted by Gasteiger charge is -2.39. The maximum atomic E-state index is 13.4. The van der Waals surface area contributed by atoms with Crippen LogP contribution in [0.25, 0.3) is 0 Å². The molecule has 1 N–H and O–H groups in total. The molecule has 0 radical (unpaired) electrons. The van der Waals surface area contributed by atoms with Crippen molar-refractivity contribution in [3.05, 3.63) is 24.0 Å². The van der Waals surface area contributed by atoms with Crippen LogP contribution in [0.3, 0.4) is 0 Å². The van der Waals surface area contributed by atoms with E-state index in [1.807, 2.05) is 11.8 Å². The summed E-state index contributed by atoms with van der Waals surface area (Å²) in [5.74, 6) is 0.598. The molecule has 2 aliphatic rings. The van der Waals surface area contributed by atoms with Crippen LogP contribution in [0.1, 0.15) is 32.6 Å². The van der Waals surface area contributed by atoms with Crippen molar-refractivity contribution in [1.29, 1.82) is 0 Å². The summed E-state index contributed by atoms with van der Waals surface area (Å²) < 4.78 is 19.2. The average Bonchev–Trinajstić information content (AvgIpc) is 2.57. The predicted octanol–water partition coefficient (Wildman–Crippen LogP) is 2.81. The Morgan fingerprint density at radius 2 is 2.21 bits per heavy atom. The molecular formula is C18H23FN2O3. The Bertz CT molecular complexity index is 635. The molecule has 1 saturated heterocycles. The van der Waals surface area contributed by atoms with Crippen LogP contribution in [0.15, 0.2) is 18.2 Å². The summed E-state index contributed by atoms with van der Waals surface area (Å²) in [6.45, 7) is 3.75. The summed E-state index contributed by atoms with van der Waals surface area (Å²) in [7, 11) is 0. The minimum atomic E-state index is -0.404. The number of fused-ring (bicyclic) bond motifs is 2. The Labute approximate surface area is 141 Å². The molecule has 0 saturated carbocycles. The van der Waals surface area contributed by atoms with Gasteiger partial charge in [-0.3, -0.25) is 9.59 Å². The van der Waals surface area contributed by atoms with E-state index in [4.69, 9.17) is 4.74 Å². The molecule has 130 valence electrons. The van der Waals surface area contributed by atoms with Crippen molar-refractivity contribution in [3.63, 3.8) is 0 Å². The van der Waals surface area contributed by atoms with E-state index >= 15 is 0 Å². The van der Waals surface area contributed by atoms with Crippen LogP contribution in [-0.2, 0) is 9.59 Å². The van der Waals surface area contributed by atoms with Crippen LogP contribution >= 0.6 is 0 Å². The number of nitrogens with zero attached hydrogens (tertiary/aromatic N) is 1. The van der Waals surface area contributed by atoms with E-state index in [1.54, 1.807) is 0 Å². The molecule has 1 fully saturated rings. The van der Waals surface area contributed by atoms with Gasteiger partial charge in [0.05, 0.1) is 12.3 Å².